The summed E-state index contributed by atoms with van der Waals surface area (Å²) in [7, 11) is -3.73. The Bertz CT molecular complexity index is 876. The van der Waals surface area contributed by atoms with Gasteiger partial charge in [0.05, 0.1) is 10.9 Å². The Kier molecular flexibility index (Phi) is 4.92. The molecule has 25 heavy (non-hydrogen) atoms. The third-order valence-electron chi connectivity index (χ3n) is 4.50. The summed E-state index contributed by atoms with van der Waals surface area (Å²) < 4.78 is 27.5. The molecule has 1 atom stereocenters. The van der Waals surface area contributed by atoms with Crippen LogP contribution in [0.4, 0.5) is 5.69 Å². The van der Waals surface area contributed by atoms with Gasteiger partial charge >= 0.3 is 0 Å². The molecule has 0 spiro atoms. The fourth-order valence-corrected chi connectivity index (χ4v) is 4.25. The summed E-state index contributed by atoms with van der Waals surface area (Å²) in [5.41, 5.74) is 3.05. The second-order valence-corrected chi connectivity index (χ2v) is 7.92. The number of carbonyl (C=O) groups is 1. The lowest BCUT2D eigenvalue weighted by Crippen LogP contribution is -2.46. The lowest BCUT2D eigenvalue weighted by atomic mass is 10.2. The van der Waals surface area contributed by atoms with Crippen LogP contribution in [0.25, 0.3) is 0 Å². The Labute approximate surface area is 148 Å². The van der Waals surface area contributed by atoms with Crippen molar-refractivity contribution in [3.63, 3.8) is 0 Å². The summed E-state index contributed by atoms with van der Waals surface area (Å²) in [6.45, 7) is 4.17. The van der Waals surface area contributed by atoms with Crippen LogP contribution in [0.2, 0.25) is 0 Å². The maximum atomic E-state index is 12.7. The van der Waals surface area contributed by atoms with E-state index in [9.17, 15) is 13.2 Å². The number of carbonyl (C=O) groups excluding carboxylic acids is 1. The molecule has 6 heteroatoms. The molecule has 0 fully saturated rings. The average molecular weight is 358 g/mol. The van der Waals surface area contributed by atoms with E-state index in [0.717, 1.165) is 29.7 Å². The number of nitrogens with one attached hydrogen (secondary N) is 1. The molecule has 0 saturated carbocycles. The normalized spacial score (nSPS) is 15.0. The van der Waals surface area contributed by atoms with Gasteiger partial charge in [0.15, 0.2) is 0 Å². The number of fused-ring (bicyclic) bond motifs is 1. The molecule has 2 aromatic rings. The zero-order chi connectivity index (χ0) is 18.0. The monoisotopic (exact) mass is 358 g/mol. The minimum Gasteiger partial charge on any atom is -0.310 e. The highest BCUT2D eigenvalue weighted by Gasteiger charge is 2.30. The van der Waals surface area contributed by atoms with E-state index in [2.05, 4.69) is 4.72 Å². The van der Waals surface area contributed by atoms with Gasteiger partial charge in [-0.3, -0.25) is 4.79 Å². The minimum absolute atomic E-state index is 0.172. The van der Waals surface area contributed by atoms with Gasteiger partial charge < -0.3 is 4.90 Å². The van der Waals surface area contributed by atoms with E-state index < -0.39 is 16.1 Å². The van der Waals surface area contributed by atoms with Crippen LogP contribution in [0, 0.1) is 0 Å². The van der Waals surface area contributed by atoms with Crippen LogP contribution in [0.15, 0.2) is 53.4 Å². The van der Waals surface area contributed by atoms with E-state index in [1.165, 1.54) is 0 Å². The highest BCUT2D eigenvalue weighted by Crippen LogP contribution is 2.28. The van der Waals surface area contributed by atoms with Gasteiger partial charge in [-0.1, -0.05) is 37.3 Å². The number of hydrogen-bond donors (Lipinski definition) is 1. The van der Waals surface area contributed by atoms with Crippen LogP contribution in [-0.4, -0.2) is 26.9 Å². The molecule has 0 unspecified atom stereocenters. The van der Waals surface area contributed by atoms with Crippen molar-refractivity contribution in [1.29, 1.82) is 0 Å². The zero-order valence-electron chi connectivity index (χ0n) is 14.4. The van der Waals surface area contributed by atoms with Gasteiger partial charge in [0.1, 0.15) is 0 Å². The predicted octanol–water partition coefficient (Wildman–Crippen LogP) is 2.51. The summed E-state index contributed by atoms with van der Waals surface area (Å²) in [5.74, 6) is -0.237. The molecule has 0 aliphatic carbocycles. The highest BCUT2D eigenvalue weighted by atomic mass is 32.2. The molecule has 0 saturated heterocycles. The van der Waals surface area contributed by atoms with Crippen LogP contribution in [0.1, 0.15) is 25.0 Å². The molecule has 0 bridgehead atoms. The Balaban J connectivity index is 1.75. The number of para-hydroxylation sites is 1. The van der Waals surface area contributed by atoms with Crippen LogP contribution in [-0.2, 0) is 27.7 Å². The molecule has 3 rings (SSSR count). The first-order chi connectivity index (χ1) is 11.9. The molecule has 1 aliphatic heterocycles. The standard InChI is InChI=1S/C19H22N2O3S/c1-3-15-8-10-17(11-9-15)25(23,24)20-14(2)19(22)21-13-12-16-6-4-5-7-18(16)21/h4-11,14,20H,3,12-13H2,1-2H3/t14-/m0/s1. The second kappa shape index (κ2) is 6.98. The smallest absolute Gasteiger partial charge is 0.244 e. The maximum absolute atomic E-state index is 12.7. The molecule has 5 nitrogen and oxygen atoms in total. The first kappa shape index (κ1) is 17.6. The fourth-order valence-electron chi connectivity index (χ4n) is 3.06. The van der Waals surface area contributed by atoms with E-state index in [1.54, 1.807) is 36.1 Å². The highest BCUT2D eigenvalue weighted by molar-refractivity contribution is 7.89. The van der Waals surface area contributed by atoms with Crippen molar-refractivity contribution in [3.8, 4) is 0 Å². The molecule has 1 heterocycles. The maximum Gasteiger partial charge on any atom is 0.244 e. The lowest BCUT2D eigenvalue weighted by molar-refractivity contribution is -0.119. The van der Waals surface area contributed by atoms with Crippen molar-refractivity contribution in [2.24, 2.45) is 0 Å². The number of benzene rings is 2. The predicted molar refractivity (Wildman–Crippen MR) is 98.1 cm³/mol. The van der Waals surface area contributed by atoms with Crippen LogP contribution in [0.5, 0.6) is 0 Å². The van der Waals surface area contributed by atoms with Gasteiger partial charge in [-0.15, -0.1) is 0 Å². The number of hydrogen-bond acceptors (Lipinski definition) is 3. The van der Waals surface area contributed by atoms with E-state index in [-0.39, 0.29) is 10.8 Å². The van der Waals surface area contributed by atoms with Gasteiger partial charge in [0, 0.05) is 12.2 Å². The summed E-state index contributed by atoms with van der Waals surface area (Å²) in [4.78, 5) is 14.5. The number of rotatable bonds is 5. The molecule has 1 N–H and O–H groups in total. The Morgan fingerprint density at radius 1 is 1.16 bits per heavy atom. The molecule has 1 aliphatic rings. The summed E-state index contributed by atoms with van der Waals surface area (Å²) in [5, 5.41) is 0. The fraction of sp³-hybridized carbons (Fsp3) is 0.316. The summed E-state index contributed by atoms with van der Waals surface area (Å²) in [6.07, 6.45) is 1.64. The molecule has 1 amide bonds. The topological polar surface area (TPSA) is 66.5 Å². The van der Waals surface area contributed by atoms with Crippen molar-refractivity contribution in [3.05, 3.63) is 59.7 Å². The number of amides is 1. The van der Waals surface area contributed by atoms with Crippen molar-refractivity contribution < 1.29 is 13.2 Å². The number of sulfonamides is 1. The van der Waals surface area contributed by atoms with Crippen molar-refractivity contribution in [2.75, 3.05) is 11.4 Å². The third kappa shape index (κ3) is 3.60. The summed E-state index contributed by atoms with van der Waals surface area (Å²) in [6, 6.07) is 13.6. The largest absolute Gasteiger partial charge is 0.310 e. The van der Waals surface area contributed by atoms with E-state index in [1.807, 2.05) is 31.2 Å². The lowest BCUT2D eigenvalue weighted by Gasteiger charge is -2.22. The van der Waals surface area contributed by atoms with Crippen LogP contribution >= 0.6 is 0 Å². The first-order valence-electron chi connectivity index (χ1n) is 8.43. The van der Waals surface area contributed by atoms with E-state index in [0.29, 0.717) is 6.54 Å². The van der Waals surface area contributed by atoms with Gasteiger partial charge in [0.25, 0.3) is 0 Å². The molecular weight excluding hydrogens is 336 g/mol. The molecule has 0 aromatic heterocycles. The van der Waals surface area contributed by atoms with E-state index >= 15 is 0 Å². The number of aryl methyl sites for hydroxylation is 1. The van der Waals surface area contributed by atoms with Gasteiger partial charge in [0.2, 0.25) is 15.9 Å². The SMILES string of the molecule is CCc1ccc(S(=O)(=O)N[C@@H](C)C(=O)N2CCc3ccccc32)cc1. The third-order valence-corrected chi connectivity index (χ3v) is 6.05. The van der Waals surface area contributed by atoms with Gasteiger partial charge in [-0.2, -0.15) is 4.72 Å². The summed E-state index contributed by atoms with van der Waals surface area (Å²) >= 11 is 0. The first-order valence-corrected chi connectivity index (χ1v) is 9.91. The van der Waals surface area contributed by atoms with Crippen molar-refractivity contribution in [1.82, 2.24) is 4.72 Å². The average Bonchev–Trinajstić information content (AvgIpc) is 3.04. The molecule has 0 radical (unpaired) electrons. The van der Waals surface area contributed by atoms with Gasteiger partial charge in [-0.05, 0) is 49.1 Å². The van der Waals surface area contributed by atoms with Crippen molar-refractivity contribution >= 4 is 21.6 Å². The Morgan fingerprint density at radius 2 is 1.84 bits per heavy atom. The minimum atomic E-state index is -3.73. The second-order valence-electron chi connectivity index (χ2n) is 6.21. The quantitative estimate of drug-likeness (QED) is 0.893. The number of anilines is 1. The molecular formula is C19H22N2O3S. The van der Waals surface area contributed by atoms with Crippen LogP contribution < -0.4 is 9.62 Å². The van der Waals surface area contributed by atoms with Gasteiger partial charge in [-0.25, -0.2) is 8.42 Å². The van der Waals surface area contributed by atoms with E-state index in [4.69, 9.17) is 0 Å². The zero-order valence-corrected chi connectivity index (χ0v) is 15.2. The molecule has 132 valence electrons. The Hall–Kier alpha value is -2.18. The number of nitrogens with zero attached hydrogens (tertiary/aromatic N) is 1. The Morgan fingerprint density at radius 3 is 2.52 bits per heavy atom. The van der Waals surface area contributed by atoms with Crippen molar-refractivity contribution in [2.45, 2.75) is 37.6 Å². The molecule has 2 aromatic carbocycles. The van der Waals surface area contributed by atoms with Crippen LogP contribution in [0.3, 0.4) is 0 Å².